The first-order valence-electron chi connectivity index (χ1n) is 10.5. The molecule has 4 aromatic carbocycles. The number of aryl methyl sites for hydroxylation is 1. The average molecular weight is 425 g/mol. The van der Waals surface area contributed by atoms with Gasteiger partial charge < -0.3 is 10.2 Å². The van der Waals surface area contributed by atoms with Crippen molar-refractivity contribution in [3.63, 3.8) is 0 Å². The highest BCUT2D eigenvalue weighted by atomic mass is 16.3. The molecule has 0 aliphatic rings. The molecular formula is C29H28O3. The summed E-state index contributed by atoms with van der Waals surface area (Å²) < 4.78 is 0. The molecule has 0 aliphatic heterocycles. The van der Waals surface area contributed by atoms with E-state index in [0.29, 0.717) is 5.75 Å². The fourth-order valence-corrected chi connectivity index (χ4v) is 3.43. The number of carbonyl (C=O) groups excluding carboxylic acids is 1. The molecule has 3 nitrogen and oxygen atoms in total. The highest BCUT2D eigenvalue weighted by Gasteiger charge is 2.23. The van der Waals surface area contributed by atoms with Crippen LogP contribution < -0.4 is 0 Å². The molecule has 0 fully saturated rings. The van der Waals surface area contributed by atoms with Gasteiger partial charge in [0.2, 0.25) is 0 Å². The lowest BCUT2D eigenvalue weighted by Crippen LogP contribution is -2.18. The Balaban J connectivity index is 0.000000186. The molecule has 2 N–H and O–H groups in total. The van der Waals surface area contributed by atoms with Crippen LogP contribution in [-0.4, -0.2) is 16.0 Å². The second kappa shape index (κ2) is 9.97. The molecule has 0 spiro atoms. The summed E-state index contributed by atoms with van der Waals surface area (Å²) in [6, 6.07) is 31.5. The van der Waals surface area contributed by atoms with Crippen LogP contribution >= 0.6 is 0 Å². The van der Waals surface area contributed by atoms with Gasteiger partial charge in [-0.25, -0.2) is 0 Å². The van der Waals surface area contributed by atoms with Gasteiger partial charge >= 0.3 is 0 Å². The van der Waals surface area contributed by atoms with Gasteiger partial charge in [-0.2, -0.15) is 0 Å². The van der Waals surface area contributed by atoms with Crippen LogP contribution in [0.5, 0.6) is 11.5 Å². The van der Waals surface area contributed by atoms with Gasteiger partial charge in [-0.15, -0.1) is 0 Å². The Labute approximate surface area is 189 Å². The molecule has 162 valence electrons. The fraction of sp³-hybridized carbons (Fsp3) is 0.138. The van der Waals surface area contributed by atoms with Gasteiger partial charge in [0, 0.05) is 16.5 Å². The van der Waals surface area contributed by atoms with Gasteiger partial charge in [0.1, 0.15) is 11.5 Å². The van der Waals surface area contributed by atoms with E-state index < -0.39 is 0 Å². The maximum Gasteiger partial charge on any atom is 0.193 e. The van der Waals surface area contributed by atoms with Crippen LogP contribution in [-0.2, 0) is 5.41 Å². The Hall–Kier alpha value is -3.85. The number of rotatable bonds is 4. The number of phenols is 2. The number of aromatic hydroxyl groups is 2. The monoisotopic (exact) mass is 424 g/mol. The SMILES string of the molecule is Cc1cc(C(C)(C)c2ccc(O)cc2)ccc1O.O=C(c1ccccc1)c1ccccc1. The van der Waals surface area contributed by atoms with E-state index in [-0.39, 0.29) is 16.9 Å². The Morgan fingerprint density at radius 3 is 1.59 bits per heavy atom. The number of benzene rings is 4. The van der Waals surface area contributed by atoms with Crippen LogP contribution in [0.1, 0.15) is 46.5 Å². The predicted octanol–water partition coefficient (Wildman–Crippen LogP) is 6.65. The standard InChI is InChI=1S/C16H18O2.C13H10O/c1-11-10-13(6-9-15(11)18)16(2,3)12-4-7-14(17)8-5-12;14-13(11-7-3-1-4-8-11)12-9-5-2-6-10-12/h4-10,17-18H,1-3H3;1-10H. The Kier molecular flexibility index (Phi) is 7.11. The third-order valence-corrected chi connectivity index (χ3v) is 5.58. The smallest absolute Gasteiger partial charge is 0.193 e. The summed E-state index contributed by atoms with van der Waals surface area (Å²) in [7, 11) is 0. The zero-order valence-corrected chi connectivity index (χ0v) is 18.6. The topological polar surface area (TPSA) is 57.5 Å². The molecule has 4 aromatic rings. The van der Waals surface area contributed by atoms with Crippen molar-refractivity contribution in [3.05, 3.63) is 131 Å². The lowest BCUT2D eigenvalue weighted by molar-refractivity contribution is 0.103. The molecule has 0 saturated heterocycles. The first kappa shape index (κ1) is 22.8. The molecule has 0 saturated carbocycles. The number of hydrogen-bond donors (Lipinski definition) is 2. The van der Waals surface area contributed by atoms with E-state index in [9.17, 15) is 15.0 Å². The minimum Gasteiger partial charge on any atom is -0.508 e. The minimum atomic E-state index is -0.161. The predicted molar refractivity (Wildman–Crippen MR) is 129 cm³/mol. The van der Waals surface area contributed by atoms with E-state index in [0.717, 1.165) is 27.8 Å². The van der Waals surface area contributed by atoms with Crippen molar-refractivity contribution in [2.45, 2.75) is 26.2 Å². The van der Waals surface area contributed by atoms with Crippen LogP contribution in [0.25, 0.3) is 0 Å². The first-order valence-corrected chi connectivity index (χ1v) is 10.5. The van der Waals surface area contributed by atoms with E-state index in [1.165, 1.54) is 0 Å². The number of carbonyl (C=O) groups is 1. The number of ketones is 1. The molecule has 32 heavy (non-hydrogen) atoms. The zero-order valence-electron chi connectivity index (χ0n) is 18.6. The Bertz CT molecular complexity index is 1120. The maximum absolute atomic E-state index is 11.8. The average Bonchev–Trinajstić information content (AvgIpc) is 2.82. The first-order chi connectivity index (χ1) is 15.3. The van der Waals surface area contributed by atoms with Crippen LogP contribution in [0.2, 0.25) is 0 Å². The molecule has 0 unspecified atom stereocenters. The molecule has 3 heteroatoms. The summed E-state index contributed by atoms with van der Waals surface area (Å²) >= 11 is 0. The fourth-order valence-electron chi connectivity index (χ4n) is 3.43. The Morgan fingerprint density at radius 2 is 1.12 bits per heavy atom. The quantitative estimate of drug-likeness (QED) is 0.361. The summed E-state index contributed by atoms with van der Waals surface area (Å²) in [4.78, 5) is 11.8. The van der Waals surface area contributed by atoms with E-state index in [2.05, 4.69) is 13.8 Å². The van der Waals surface area contributed by atoms with E-state index in [1.807, 2.05) is 91.9 Å². The highest BCUT2D eigenvalue weighted by molar-refractivity contribution is 6.08. The van der Waals surface area contributed by atoms with E-state index >= 15 is 0 Å². The summed E-state index contributed by atoms with van der Waals surface area (Å²) in [6.07, 6.45) is 0. The molecule has 4 rings (SSSR count). The summed E-state index contributed by atoms with van der Waals surface area (Å²) in [6.45, 7) is 6.15. The molecule has 0 heterocycles. The molecular weight excluding hydrogens is 396 g/mol. The van der Waals surface area contributed by atoms with Crippen molar-refractivity contribution in [1.29, 1.82) is 0 Å². The van der Waals surface area contributed by atoms with Gasteiger partial charge in [0.15, 0.2) is 5.78 Å². The molecule has 0 atom stereocenters. The van der Waals surface area contributed by atoms with Gasteiger partial charge in [-0.05, 0) is 41.8 Å². The second-order valence-corrected chi connectivity index (χ2v) is 8.23. The molecule has 0 aliphatic carbocycles. The lowest BCUT2D eigenvalue weighted by Gasteiger charge is -2.26. The van der Waals surface area contributed by atoms with Crippen molar-refractivity contribution in [2.75, 3.05) is 0 Å². The van der Waals surface area contributed by atoms with Crippen molar-refractivity contribution >= 4 is 5.78 Å². The van der Waals surface area contributed by atoms with Gasteiger partial charge in [-0.3, -0.25) is 4.79 Å². The van der Waals surface area contributed by atoms with Crippen molar-refractivity contribution in [1.82, 2.24) is 0 Å². The molecule has 0 aromatic heterocycles. The van der Waals surface area contributed by atoms with Crippen molar-refractivity contribution in [2.24, 2.45) is 0 Å². The molecule has 0 amide bonds. The van der Waals surface area contributed by atoms with Gasteiger partial charge in [-0.1, -0.05) is 98.8 Å². The van der Waals surface area contributed by atoms with Crippen LogP contribution in [0.4, 0.5) is 0 Å². The summed E-state index contributed by atoms with van der Waals surface area (Å²) in [5.74, 6) is 0.669. The molecule has 0 bridgehead atoms. The Morgan fingerprint density at radius 1 is 0.656 bits per heavy atom. The largest absolute Gasteiger partial charge is 0.508 e. The van der Waals surface area contributed by atoms with E-state index in [4.69, 9.17) is 0 Å². The maximum atomic E-state index is 11.8. The summed E-state index contributed by atoms with van der Waals surface area (Å²) in [5.41, 5.74) is 4.46. The minimum absolute atomic E-state index is 0.0752. The van der Waals surface area contributed by atoms with Crippen LogP contribution in [0.15, 0.2) is 103 Å². The second-order valence-electron chi connectivity index (χ2n) is 8.23. The van der Waals surface area contributed by atoms with Crippen LogP contribution in [0, 0.1) is 6.92 Å². The normalized spacial score (nSPS) is 10.7. The third-order valence-electron chi connectivity index (χ3n) is 5.58. The lowest BCUT2D eigenvalue weighted by atomic mass is 9.77. The van der Waals surface area contributed by atoms with E-state index in [1.54, 1.807) is 18.2 Å². The number of phenolic OH excluding ortho intramolecular Hbond substituents is 2. The van der Waals surface area contributed by atoms with Crippen molar-refractivity contribution in [3.8, 4) is 11.5 Å². The third kappa shape index (κ3) is 5.44. The summed E-state index contributed by atoms with van der Waals surface area (Å²) in [5, 5.41) is 18.9. The van der Waals surface area contributed by atoms with Gasteiger partial charge in [0.25, 0.3) is 0 Å². The highest BCUT2D eigenvalue weighted by Crippen LogP contribution is 2.34. The molecule has 0 radical (unpaired) electrons. The number of hydrogen-bond acceptors (Lipinski definition) is 3. The van der Waals surface area contributed by atoms with Crippen LogP contribution in [0.3, 0.4) is 0 Å². The van der Waals surface area contributed by atoms with Crippen molar-refractivity contribution < 1.29 is 15.0 Å². The van der Waals surface area contributed by atoms with Gasteiger partial charge in [0.05, 0.1) is 0 Å². The zero-order chi connectivity index (χ0) is 23.1.